The first-order chi connectivity index (χ1) is 14.4. The van der Waals surface area contributed by atoms with E-state index < -0.39 is 0 Å². The fraction of sp³-hybridized carbons (Fsp3) is 0.240. The highest BCUT2D eigenvalue weighted by molar-refractivity contribution is 7.99. The molecule has 1 atom stereocenters. The molecule has 2 aliphatic rings. The fourth-order valence-corrected chi connectivity index (χ4v) is 5.34. The number of hydrazone groups is 1. The Labute approximate surface area is 177 Å². The second kappa shape index (κ2) is 8.44. The van der Waals surface area contributed by atoms with Gasteiger partial charge >= 0.3 is 0 Å². The number of benzene rings is 3. The molecule has 0 saturated carbocycles. The van der Waals surface area contributed by atoms with Crippen LogP contribution in [0.1, 0.15) is 22.7 Å². The standard InChI is InChI=1S/C25H25N3S/c1-2-8-20(9-3-1)19-26-28-16-14-27(15-17-28)23-18-21-10-4-6-12-24(21)29-25-13-7-5-11-22(23)25/h1-13,19,23H,14-18H2/b26-19+. The largest absolute Gasteiger partial charge is 0.294 e. The van der Waals surface area contributed by atoms with Gasteiger partial charge in [0.15, 0.2) is 0 Å². The van der Waals surface area contributed by atoms with Gasteiger partial charge in [-0.3, -0.25) is 9.91 Å². The van der Waals surface area contributed by atoms with E-state index in [1.165, 1.54) is 20.9 Å². The molecule has 3 aromatic carbocycles. The SMILES string of the molecule is C(=N\N1CCN(C2Cc3ccccc3Sc3ccccc32)CC1)/c1ccccc1. The summed E-state index contributed by atoms with van der Waals surface area (Å²) in [6.45, 7) is 4.02. The van der Waals surface area contributed by atoms with Crippen molar-refractivity contribution < 1.29 is 0 Å². The zero-order chi connectivity index (χ0) is 19.5. The van der Waals surface area contributed by atoms with Crippen molar-refractivity contribution >= 4 is 18.0 Å². The van der Waals surface area contributed by atoms with Crippen LogP contribution < -0.4 is 0 Å². The molecule has 0 bridgehead atoms. The molecule has 0 radical (unpaired) electrons. The molecule has 146 valence electrons. The summed E-state index contributed by atoms with van der Waals surface area (Å²) in [5.74, 6) is 0. The minimum atomic E-state index is 0.433. The minimum absolute atomic E-state index is 0.433. The lowest BCUT2D eigenvalue weighted by atomic mass is 9.97. The molecule has 0 N–H and O–H groups in total. The van der Waals surface area contributed by atoms with Gasteiger partial charge < -0.3 is 0 Å². The number of nitrogens with zero attached hydrogens (tertiary/aromatic N) is 3. The molecule has 3 nitrogen and oxygen atoms in total. The van der Waals surface area contributed by atoms with Crippen LogP contribution in [0.5, 0.6) is 0 Å². The molecule has 1 saturated heterocycles. The molecule has 2 aliphatic heterocycles. The predicted molar refractivity (Wildman–Crippen MR) is 121 cm³/mol. The van der Waals surface area contributed by atoms with Gasteiger partial charge in [0, 0.05) is 42.0 Å². The zero-order valence-corrected chi connectivity index (χ0v) is 17.3. The topological polar surface area (TPSA) is 18.8 Å². The molecule has 2 heterocycles. The molecule has 1 unspecified atom stereocenters. The second-order valence-electron chi connectivity index (χ2n) is 7.61. The summed E-state index contributed by atoms with van der Waals surface area (Å²) >= 11 is 1.92. The first-order valence-corrected chi connectivity index (χ1v) is 11.1. The number of piperazine rings is 1. The molecule has 0 aliphatic carbocycles. The van der Waals surface area contributed by atoms with Gasteiger partial charge in [-0.25, -0.2) is 0 Å². The van der Waals surface area contributed by atoms with Crippen LogP contribution in [0.2, 0.25) is 0 Å². The van der Waals surface area contributed by atoms with Crippen molar-refractivity contribution in [1.29, 1.82) is 0 Å². The van der Waals surface area contributed by atoms with Gasteiger partial charge in [-0.2, -0.15) is 5.10 Å². The second-order valence-corrected chi connectivity index (χ2v) is 8.70. The van der Waals surface area contributed by atoms with Crippen LogP contribution in [0.15, 0.2) is 93.8 Å². The van der Waals surface area contributed by atoms with Crippen LogP contribution >= 0.6 is 11.8 Å². The third kappa shape index (κ3) is 4.09. The van der Waals surface area contributed by atoms with Gasteiger partial charge in [-0.1, -0.05) is 78.5 Å². The number of rotatable bonds is 3. The Balaban J connectivity index is 1.33. The molecular weight excluding hydrogens is 374 g/mol. The maximum Gasteiger partial charge on any atom is 0.0542 e. The number of hydrogen-bond acceptors (Lipinski definition) is 4. The number of fused-ring (bicyclic) bond motifs is 2. The summed E-state index contributed by atoms with van der Waals surface area (Å²) in [4.78, 5) is 5.44. The van der Waals surface area contributed by atoms with E-state index in [-0.39, 0.29) is 0 Å². The van der Waals surface area contributed by atoms with E-state index in [2.05, 4.69) is 82.7 Å². The van der Waals surface area contributed by atoms with Gasteiger partial charge in [0.05, 0.1) is 6.21 Å². The maximum absolute atomic E-state index is 4.71. The van der Waals surface area contributed by atoms with Crippen LogP contribution in [0.4, 0.5) is 0 Å². The summed E-state index contributed by atoms with van der Waals surface area (Å²) in [5.41, 5.74) is 4.08. The van der Waals surface area contributed by atoms with Crippen LogP contribution in [-0.4, -0.2) is 42.3 Å². The third-order valence-electron chi connectivity index (χ3n) is 5.78. The molecular formula is C25H25N3S. The Bertz CT molecular complexity index is 994. The zero-order valence-electron chi connectivity index (χ0n) is 16.4. The summed E-state index contributed by atoms with van der Waals surface area (Å²) in [6.07, 6.45) is 3.05. The Kier molecular flexibility index (Phi) is 5.37. The van der Waals surface area contributed by atoms with Crippen molar-refractivity contribution in [3.63, 3.8) is 0 Å². The van der Waals surface area contributed by atoms with Crippen molar-refractivity contribution in [3.8, 4) is 0 Å². The Morgan fingerprint density at radius 2 is 1.45 bits per heavy atom. The molecule has 5 rings (SSSR count). The predicted octanol–water partition coefficient (Wildman–Crippen LogP) is 5.09. The highest BCUT2D eigenvalue weighted by atomic mass is 32.2. The Hall–Kier alpha value is -2.56. The van der Waals surface area contributed by atoms with Gasteiger partial charge in [0.25, 0.3) is 0 Å². The summed E-state index contributed by atoms with van der Waals surface area (Å²) < 4.78 is 0. The van der Waals surface area contributed by atoms with Crippen molar-refractivity contribution in [1.82, 2.24) is 9.91 Å². The van der Waals surface area contributed by atoms with E-state index in [4.69, 9.17) is 5.10 Å². The number of hydrogen-bond donors (Lipinski definition) is 0. The van der Waals surface area contributed by atoms with Crippen LogP contribution in [-0.2, 0) is 6.42 Å². The quantitative estimate of drug-likeness (QED) is 0.572. The Morgan fingerprint density at radius 3 is 2.28 bits per heavy atom. The summed E-state index contributed by atoms with van der Waals surface area (Å²) in [7, 11) is 0. The van der Waals surface area contributed by atoms with E-state index in [1.54, 1.807) is 0 Å². The molecule has 1 fully saturated rings. The summed E-state index contributed by atoms with van der Waals surface area (Å²) in [5, 5.41) is 6.91. The van der Waals surface area contributed by atoms with Crippen molar-refractivity contribution in [2.45, 2.75) is 22.3 Å². The lowest BCUT2D eigenvalue weighted by Crippen LogP contribution is -2.46. The monoisotopic (exact) mass is 399 g/mol. The molecule has 0 spiro atoms. The molecule has 0 amide bonds. The first-order valence-electron chi connectivity index (χ1n) is 10.3. The lowest BCUT2D eigenvalue weighted by molar-refractivity contribution is 0.0970. The third-order valence-corrected chi connectivity index (χ3v) is 6.99. The van der Waals surface area contributed by atoms with Gasteiger partial charge in [0.1, 0.15) is 0 Å². The lowest BCUT2D eigenvalue weighted by Gasteiger charge is -2.38. The minimum Gasteiger partial charge on any atom is -0.294 e. The van der Waals surface area contributed by atoms with Gasteiger partial charge in [-0.05, 0) is 35.2 Å². The van der Waals surface area contributed by atoms with Gasteiger partial charge in [0.2, 0.25) is 0 Å². The summed E-state index contributed by atoms with van der Waals surface area (Å²) in [6, 6.07) is 28.6. The smallest absolute Gasteiger partial charge is 0.0542 e. The van der Waals surface area contributed by atoms with Crippen LogP contribution in [0.3, 0.4) is 0 Å². The van der Waals surface area contributed by atoms with E-state index in [9.17, 15) is 0 Å². The molecule has 0 aromatic heterocycles. The van der Waals surface area contributed by atoms with E-state index >= 15 is 0 Å². The van der Waals surface area contributed by atoms with Crippen molar-refractivity contribution in [2.24, 2.45) is 5.10 Å². The molecule has 3 aromatic rings. The van der Waals surface area contributed by atoms with Crippen molar-refractivity contribution in [2.75, 3.05) is 26.2 Å². The first kappa shape index (κ1) is 18.5. The Morgan fingerprint density at radius 1 is 0.759 bits per heavy atom. The van der Waals surface area contributed by atoms with Crippen LogP contribution in [0.25, 0.3) is 0 Å². The fourth-order valence-electron chi connectivity index (χ4n) is 4.21. The van der Waals surface area contributed by atoms with Gasteiger partial charge in [-0.15, -0.1) is 0 Å². The molecule has 4 heteroatoms. The highest BCUT2D eigenvalue weighted by Gasteiger charge is 2.29. The van der Waals surface area contributed by atoms with Crippen molar-refractivity contribution in [3.05, 3.63) is 95.6 Å². The normalized spacial score (nSPS) is 19.6. The average molecular weight is 400 g/mol. The van der Waals surface area contributed by atoms with E-state index in [0.29, 0.717) is 6.04 Å². The maximum atomic E-state index is 4.71. The average Bonchev–Trinajstić information content (AvgIpc) is 2.95. The molecule has 29 heavy (non-hydrogen) atoms. The van der Waals surface area contributed by atoms with E-state index in [1.807, 2.05) is 24.0 Å². The van der Waals surface area contributed by atoms with E-state index in [0.717, 1.165) is 38.2 Å². The highest BCUT2D eigenvalue weighted by Crippen LogP contribution is 2.42. The van der Waals surface area contributed by atoms with Crippen LogP contribution in [0, 0.1) is 0 Å².